The van der Waals surface area contributed by atoms with Gasteiger partial charge < -0.3 is 4.98 Å². The summed E-state index contributed by atoms with van der Waals surface area (Å²) in [5.74, 6) is 0. The standard InChI is InChI=1S/C19H18N2/c1-4-13-9-11(2)10-15-18(13)20-12(3)17-14-7-5-6-8-16(14)21-19(15)17/h5-10,21H,4H2,1-3H3. The molecule has 2 aromatic carbocycles. The van der Waals surface area contributed by atoms with Gasteiger partial charge in [-0.15, -0.1) is 0 Å². The molecule has 1 N–H and O–H groups in total. The molecule has 0 atom stereocenters. The molecule has 0 aliphatic rings. The number of hydrogen-bond donors (Lipinski definition) is 1. The average Bonchev–Trinajstić information content (AvgIpc) is 2.88. The highest BCUT2D eigenvalue weighted by Crippen LogP contribution is 2.34. The quantitative estimate of drug-likeness (QED) is 0.517. The summed E-state index contributed by atoms with van der Waals surface area (Å²) in [6, 6.07) is 13.0. The first kappa shape index (κ1) is 12.4. The predicted molar refractivity (Wildman–Crippen MR) is 90.0 cm³/mol. The van der Waals surface area contributed by atoms with Gasteiger partial charge in [0.05, 0.1) is 11.0 Å². The molecule has 4 rings (SSSR count). The van der Waals surface area contributed by atoms with Gasteiger partial charge in [0, 0.05) is 27.4 Å². The molecule has 0 unspecified atom stereocenters. The maximum absolute atomic E-state index is 4.92. The Morgan fingerprint density at radius 1 is 1.05 bits per heavy atom. The van der Waals surface area contributed by atoms with Crippen molar-refractivity contribution in [2.45, 2.75) is 27.2 Å². The van der Waals surface area contributed by atoms with Crippen LogP contribution in [0.5, 0.6) is 0 Å². The summed E-state index contributed by atoms with van der Waals surface area (Å²) in [4.78, 5) is 8.52. The highest BCUT2D eigenvalue weighted by atomic mass is 14.8. The third kappa shape index (κ3) is 1.69. The average molecular weight is 274 g/mol. The second-order valence-corrected chi connectivity index (χ2v) is 5.79. The Bertz CT molecular complexity index is 993. The van der Waals surface area contributed by atoms with Gasteiger partial charge in [-0.3, -0.25) is 4.98 Å². The highest BCUT2D eigenvalue weighted by molar-refractivity contribution is 6.17. The summed E-state index contributed by atoms with van der Waals surface area (Å²) in [6.07, 6.45) is 1.01. The molecule has 0 saturated carbocycles. The topological polar surface area (TPSA) is 28.7 Å². The Morgan fingerprint density at radius 3 is 2.67 bits per heavy atom. The number of rotatable bonds is 1. The molecule has 21 heavy (non-hydrogen) atoms. The van der Waals surface area contributed by atoms with E-state index in [0.717, 1.165) is 17.6 Å². The molecule has 2 heteroatoms. The minimum atomic E-state index is 1.01. The van der Waals surface area contributed by atoms with Gasteiger partial charge in [0.2, 0.25) is 0 Å². The smallest absolute Gasteiger partial charge is 0.0758 e. The summed E-state index contributed by atoms with van der Waals surface area (Å²) < 4.78 is 0. The zero-order chi connectivity index (χ0) is 14.6. The molecule has 0 aliphatic heterocycles. The number of aromatic nitrogens is 2. The van der Waals surface area contributed by atoms with Gasteiger partial charge in [-0.1, -0.05) is 36.8 Å². The third-order valence-electron chi connectivity index (χ3n) is 4.33. The van der Waals surface area contributed by atoms with E-state index in [1.807, 2.05) is 0 Å². The van der Waals surface area contributed by atoms with Gasteiger partial charge >= 0.3 is 0 Å². The zero-order valence-corrected chi connectivity index (χ0v) is 12.6. The molecule has 2 aromatic heterocycles. The number of nitrogens with zero attached hydrogens (tertiary/aromatic N) is 1. The molecule has 0 saturated heterocycles. The lowest BCUT2D eigenvalue weighted by atomic mass is 10.0. The predicted octanol–water partition coefficient (Wildman–Crippen LogP) is 5.05. The summed E-state index contributed by atoms with van der Waals surface area (Å²) in [7, 11) is 0. The monoisotopic (exact) mass is 274 g/mol. The van der Waals surface area contributed by atoms with Crippen LogP contribution < -0.4 is 0 Å². The van der Waals surface area contributed by atoms with Crippen molar-refractivity contribution in [3.8, 4) is 0 Å². The molecule has 0 aliphatic carbocycles. The summed E-state index contributed by atoms with van der Waals surface area (Å²) in [5, 5.41) is 3.76. The molecule has 104 valence electrons. The highest BCUT2D eigenvalue weighted by Gasteiger charge is 2.13. The van der Waals surface area contributed by atoms with Crippen molar-refractivity contribution in [3.63, 3.8) is 0 Å². The van der Waals surface area contributed by atoms with Crippen LogP contribution >= 0.6 is 0 Å². The van der Waals surface area contributed by atoms with E-state index < -0.39 is 0 Å². The van der Waals surface area contributed by atoms with Crippen molar-refractivity contribution in [3.05, 3.63) is 53.2 Å². The summed E-state index contributed by atoms with van der Waals surface area (Å²) >= 11 is 0. The van der Waals surface area contributed by atoms with E-state index in [2.05, 4.69) is 62.2 Å². The first-order valence-electron chi connectivity index (χ1n) is 7.49. The second-order valence-electron chi connectivity index (χ2n) is 5.79. The number of nitrogens with one attached hydrogen (secondary N) is 1. The number of H-pyrrole nitrogens is 1. The molecule has 0 amide bonds. The van der Waals surface area contributed by atoms with E-state index in [1.54, 1.807) is 0 Å². The summed E-state index contributed by atoms with van der Waals surface area (Å²) in [5.41, 5.74) is 7.27. The van der Waals surface area contributed by atoms with Crippen LogP contribution in [-0.2, 0) is 6.42 Å². The zero-order valence-electron chi connectivity index (χ0n) is 12.6. The first-order valence-corrected chi connectivity index (χ1v) is 7.49. The third-order valence-corrected chi connectivity index (χ3v) is 4.33. The first-order chi connectivity index (χ1) is 10.2. The number of hydrogen-bond acceptors (Lipinski definition) is 1. The van der Waals surface area contributed by atoms with Crippen LogP contribution in [0.2, 0.25) is 0 Å². The molecule has 0 fully saturated rings. The van der Waals surface area contributed by atoms with E-state index in [1.165, 1.54) is 38.3 Å². The minimum Gasteiger partial charge on any atom is -0.354 e. The van der Waals surface area contributed by atoms with E-state index >= 15 is 0 Å². The lowest BCUT2D eigenvalue weighted by Gasteiger charge is -2.09. The van der Waals surface area contributed by atoms with Crippen LogP contribution in [0.4, 0.5) is 0 Å². The number of aryl methyl sites for hydroxylation is 3. The second kappa shape index (κ2) is 4.32. The van der Waals surface area contributed by atoms with Gasteiger partial charge in [-0.25, -0.2) is 0 Å². The number of aromatic amines is 1. The fraction of sp³-hybridized carbons (Fsp3) is 0.211. The van der Waals surface area contributed by atoms with Crippen LogP contribution in [0, 0.1) is 13.8 Å². The van der Waals surface area contributed by atoms with Crippen molar-refractivity contribution in [1.29, 1.82) is 0 Å². The summed E-state index contributed by atoms with van der Waals surface area (Å²) in [6.45, 7) is 6.47. The Kier molecular flexibility index (Phi) is 2.55. The van der Waals surface area contributed by atoms with E-state index in [9.17, 15) is 0 Å². The van der Waals surface area contributed by atoms with Gasteiger partial charge in [-0.2, -0.15) is 0 Å². The van der Waals surface area contributed by atoms with Crippen molar-refractivity contribution in [2.75, 3.05) is 0 Å². The van der Waals surface area contributed by atoms with Crippen LogP contribution in [0.25, 0.3) is 32.7 Å². The van der Waals surface area contributed by atoms with Gasteiger partial charge in [0.1, 0.15) is 0 Å². The van der Waals surface area contributed by atoms with E-state index in [-0.39, 0.29) is 0 Å². The van der Waals surface area contributed by atoms with Crippen molar-refractivity contribution in [2.24, 2.45) is 0 Å². The Morgan fingerprint density at radius 2 is 1.86 bits per heavy atom. The van der Waals surface area contributed by atoms with Crippen LogP contribution in [0.3, 0.4) is 0 Å². The van der Waals surface area contributed by atoms with E-state index in [4.69, 9.17) is 4.98 Å². The number of pyridine rings is 1. The molecule has 0 spiro atoms. The fourth-order valence-corrected chi connectivity index (χ4v) is 3.39. The lowest BCUT2D eigenvalue weighted by molar-refractivity contribution is 1.13. The molecular formula is C19H18N2. The van der Waals surface area contributed by atoms with Crippen molar-refractivity contribution in [1.82, 2.24) is 9.97 Å². The van der Waals surface area contributed by atoms with Gasteiger partial charge in [-0.05, 0) is 38.0 Å². The largest absolute Gasteiger partial charge is 0.354 e. The minimum absolute atomic E-state index is 1.01. The number of fused-ring (bicyclic) bond motifs is 5. The van der Waals surface area contributed by atoms with E-state index in [0.29, 0.717) is 0 Å². The Hall–Kier alpha value is -2.35. The van der Waals surface area contributed by atoms with Gasteiger partial charge in [0.15, 0.2) is 0 Å². The fourth-order valence-electron chi connectivity index (χ4n) is 3.39. The molecule has 4 aromatic rings. The van der Waals surface area contributed by atoms with Crippen LogP contribution in [0.1, 0.15) is 23.7 Å². The number of para-hydroxylation sites is 1. The molecule has 0 radical (unpaired) electrons. The maximum atomic E-state index is 4.92. The Labute approximate surface area is 123 Å². The van der Waals surface area contributed by atoms with Crippen molar-refractivity contribution >= 4 is 32.7 Å². The number of benzene rings is 2. The molecular weight excluding hydrogens is 256 g/mol. The maximum Gasteiger partial charge on any atom is 0.0758 e. The molecule has 2 nitrogen and oxygen atoms in total. The molecule has 2 heterocycles. The normalized spacial score (nSPS) is 11.8. The SMILES string of the molecule is CCc1cc(C)cc2c1nc(C)c1c3ccccc3[nH]c21. The van der Waals surface area contributed by atoms with Crippen LogP contribution in [0.15, 0.2) is 36.4 Å². The van der Waals surface area contributed by atoms with Crippen molar-refractivity contribution < 1.29 is 0 Å². The lowest BCUT2D eigenvalue weighted by Crippen LogP contribution is -1.93. The van der Waals surface area contributed by atoms with Crippen LogP contribution in [-0.4, -0.2) is 9.97 Å². The van der Waals surface area contributed by atoms with Gasteiger partial charge in [0.25, 0.3) is 0 Å². The Balaban J connectivity index is 2.31. The molecule has 0 bridgehead atoms.